The zero-order chi connectivity index (χ0) is 25.9. The molecule has 0 unspecified atom stereocenters. The second kappa shape index (κ2) is 29.7. The van der Waals surface area contributed by atoms with Gasteiger partial charge in [0.2, 0.25) is 0 Å². The summed E-state index contributed by atoms with van der Waals surface area (Å²) in [5, 5.41) is 10.5. The van der Waals surface area contributed by atoms with Crippen LogP contribution in [0.3, 0.4) is 0 Å². The zero-order valence-corrected chi connectivity index (χ0v) is 23.2. The Labute approximate surface area is 204 Å². The SMILES string of the molecule is CC(C)CCN=C=S.CC(C)CCOC(=O)C(C)C.CCCCCC(=O)O.[CH2]CC(C)C. The van der Waals surface area contributed by atoms with Crippen LogP contribution in [-0.2, 0) is 14.3 Å². The predicted octanol–water partition coefficient (Wildman–Crippen LogP) is 7.88. The van der Waals surface area contributed by atoms with Crippen molar-refractivity contribution in [1.82, 2.24) is 0 Å². The minimum atomic E-state index is -0.682. The molecule has 5 nitrogen and oxygen atoms in total. The molecule has 0 aliphatic heterocycles. The minimum Gasteiger partial charge on any atom is -0.481 e. The number of hydrogen-bond donors (Lipinski definition) is 1. The summed E-state index contributed by atoms with van der Waals surface area (Å²) in [4.78, 5) is 24.6. The predicted molar refractivity (Wildman–Crippen MR) is 141 cm³/mol. The Kier molecular flexibility index (Phi) is 35.3. The molecule has 0 aliphatic carbocycles. The van der Waals surface area contributed by atoms with Crippen LogP contribution in [0, 0.1) is 30.6 Å². The largest absolute Gasteiger partial charge is 0.481 e. The highest BCUT2D eigenvalue weighted by atomic mass is 32.1. The van der Waals surface area contributed by atoms with E-state index in [2.05, 4.69) is 77.8 Å². The van der Waals surface area contributed by atoms with E-state index in [0.29, 0.717) is 18.9 Å². The van der Waals surface area contributed by atoms with Crippen molar-refractivity contribution in [2.45, 2.75) is 107 Å². The highest BCUT2D eigenvalue weighted by molar-refractivity contribution is 7.78. The van der Waals surface area contributed by atoms with Crippen molar-refractivity contribution in [3.05, 3.63) is 6.92 Å². The topological polar surface area (TPSA) is 76.0 Å². The summed E-state index contributed by atoms with van der Waals surface area (Å²) >= 11 is 4.39. The van der Waals surface area contributed by atoms with E-state index >= 15 is 0 Å². The molecule has 6 heteroatoms. The molecule has 1 N–H and O–H groups in total. The third kappa shape index (κ3) is 51.4. The molecule has 0 fully saturated rings. The summed E-state index contributed by atoms with van der Waals surface area (Å²) in [6.07, 6.45) is 6.40. The molecular formula is C26H52NO4S. The van der Waals surface area contributed by atoms with Crippen molar-refractivity contribution in [2.75, 3.05) is 13.2 Å². The third-order valence-electron chi connectivity index (χ3n) is 3.87. The van der Waals surface area contributed by atoms with Gasteiger partial charge in [0.15, 0.2) is 0 Å². The summed E-state index contributed by atoms with van der Waals surface area (Å²) in [5.74, 6) is 1.33. The number of carboxylic acids is 1. The Morgan fingerprint density at radius 1 is 0.969 bits per heavy atom. The first-order valence-corrected chi connectivity index (χ1v) is 12.5. The average Bonchev–Trinajstić information content (AvgIpc) is 2.69. The van der Waals surface area contributed by atoms with E-state index in [0.717, 1.165) is 56.9 Å². The smallest absolute Gasteiger partial charge is 0.308 e. The average molecular weight is 475 g/mol. The lowest BCUT2D eigenvalue weighted by atomic mass is 10.1. The van der Waals surface area contributed by atoms with Gasteiger partial charge in [-0.15, -0.1) is 0 Å². The standard InChI is InChI=1S/C9H18O2.C6H11NS.C6H12O2.C5H11/c1-7(2)5-6-11-9(10)8(3)4;1-6(2)3-4-7-5-8;1-2-3-4-5-6(7)8;1-4-5(2)3/h7-8H,5-6H2,1-4H3;6H,3-4H2,1-2H3;2-5H2,1H3,(H,7,8);5H,1,4H2,2-3H3. The fraction of sp³-hybridized carbons (Fsp3) is 0.846. The number of ether oxygens (including phenoxy) is 1. The van der Waals surface area contributed by atoms with Crippen molar-refractivity contribution in [2.24, 2.45) is 28.7 Å². The van der Waals surface area contributed by atoms with Gasteiger partial charge in [-0.1, -0.05) is 88.5 Å². The van der Waals surface area contributed by atoms with Gasteiger partial charge in [-0.05, 0) is 49.2 Å². The molecule has 0 spiro atoms. The van der Waals surface area contributed by atoms with Gasteiger partial charge in [-0.2, -0.15) is 0 Å². The molecule has 0 saturated heterocycles. The number of rotatable bonds is 12. The maximum Gasteiger partial charge on any atom is 0.308 e. The van der Waals surface area contributed by atoms with Crippen LogP contribution in [0.1, 0.15) is 107 Å². The van der Waals surface area contributed by atoms with Gasteiger partial charge < -0.3 is 9.84 Å². The number of carbonyl (C=O) groups excluding carboxylic acids is 1. The monoisotopic (exact) mass is 474 g/mol. The molecule has 1 radical (unpaired) electrons. The third-order valence-corrected chi connectivity index (χ3v) is 3.99. The molecule has 0 aromatic heterocycles. The molecule has 191 valence electrons. The molecule has 0 atom stereocenters. The lowest BCUT2D eigenvalue weighted by molar-refractivity contribution is -0.147. The van der Waals surface area contributed by atoms with E-state index in [-0.39, 0.29) is 11.9 Å². The Morgan fingerprint density at radius 2 is 1.47 bits per heavy atom. The Hall–Kier alpha value is -1.26. The lowest BCUT2D eigenvalue weighted by Crippen LogP contribution is -2.13. The second-order valence-electron chi connectivity index (χ2n) is 9.19. The summed E-state index contributed by atoms with van der Waals surface area (Å²) < 4.78 is 4.98. The summed E-state index contributed by atoms with van der Waals surface area (Å²) in [7, 11) is 0. The molecule has 32 heavy (non-hydrogen) atoms. The Morgan fingerprint density at radius 3 is 1.78 bits per heavy atom. The highest BCUT2D eigenvalue weighted by Gasteiger charge is 2.07. The van der Waals surface area contributed by atoms with E-state index in [1.807, 2.05) is 13.8 Å². The number of nitrogens with zero attached hydrogens (tertiary/aromatic N) is 1. The van der Waals surface area contributed by atoms with Gasteiger partial charge in [-0.3, -0.25) is 9.59 Å². The lowest BCUT2D eigenvalue weighted by Gasteiger charge is -2.07. The number of unbranched alkanes of at least 4 members (excludes halogenated alkanes) is 2. The summed E-state index contributed by atoms with van der Waals surface area (Å²) in [5.41, 5.74) is 0. The van der Waals surface area contributed by atoms with Crippen LogP contribution < -0.4 is 0 Å². The van der Waals surface area contributed by atoms with Crippen LogP contribution in [0.2, 0.25) is 0 Å². The first kappa shape index (κ1) is 38.0. The van der Waals surface area contributed by atoms with E-state index in [1.165, 1.54) is 0 Å². The van der Waals surface area contributed by atoms with Crippen molar-refractivity contribution < 1.29 is 19.4 Å². The molecule has 0 heterocycles. The van der Waals surface area contributed by atoms with Crippen molar-refractivity contribution in [3.63, 3.8) is 0 Å². The zero-order valence-electron chi connectivity index (χ0n) is 22.4. The number of thiocarbonyl (C=S) groups is 1. The van der Waals surface area contributed by atoms with Crippen LogP contribution in [-0.4, -0.2) is 35.4 Å². The molecule has 0 bridgehead atoms. The van der Waals surface area contributed by atoms with Gasteiger partial charge in [0, 0.05) is 13.0 Å². The van der Waals surface area contributed by atoms with Crippen LogP contribution in [0.5, 0.6) is 0 Å². The van der Waals surface area contributed by atoms with Crippen LogP contribution in [0.4, 0.5) is 0 Å². The molecule has 0 aliphatic rings. The number of aliphatic carboxylic acids is 1. The van der Waals surface area contributed by atoms with E-state index in [4.69, 9.17) is 9.84 Å². The highest BCUT2D eigenvalue weighted by Crippen LogP contribution is 2.02. The Balaban J connectivity index is -0.000000169. The van der Waals surface area contributed by atoms with E-state index < -0.39 is 5.97 Å². The van der Waals surface area contributed by atoms with Gasteiger partial charge in [0.1, 0.15) is 0 Å². The minimum absolute atomic E-state index is 0.00200. The quantitative estimate of drug-likeness (QED) is 0.135. The van der Waals surface area contributed by atoms with Gasteiger partial charge in [0.25, 0.3) is 0 Å². The maximum atomic E-state index is 10.9. The van der Waals surface area contributed by atoms with Crippen molar-refractivity contribution >= 4 is 29.3 Å². The first-order valence-electron chi connectivity index (χ1n) is 12.1. The number of carboxylic acid groups (broad SMARTS) is 1. The maximum absolute atomic E-state index is 10.9. The molecule has 0 aromatic carbocycles. The van der Waals surface area contributed by atoms with E-state index in [9.17, 15) is 9.59 Å². The second-order valence-corrected chi connectivity index (χ2v) is 9.38. The van der Waals surface area contributed by atoms with Gasteiger partial charge in [-0.25, -0.2) is 4.99 Å². The van der Waals surface area contributed by atoms with Crippen LogP contribution in [0.15, 0.2) is 4.99 Å². The van der Waals surface area contributed by atoms with Crippen molar-refractivity contribution in [3.8, 4) is 0 Å². The molecule has 0 saturated carbocycles. The molecule has 0 aromatic rings. The van der Waals surface area contributed by atoms with Crippen LogP contribution >= 0.6 is 12.2 Å². The fourth-order valence-corrected chi connectivity index (χ4v) is 1.55. The van der Waals surface area contributed by atoms with Gasteiger partial charge in [0.05, 0.1) is 17.7 Å². The number of carbonyl (C=O) groups is 2. The number of isothiocyanates is 1. The normalized spacial score (nSPS) is 9.69. The molecule has 0 amide bonds. The van der Waals surface area contributed by atoms with Crippen LogP contribution in [0.25, 0.3) is 0 Å². The molecular weight excluding hydrogens is 422 g/mol. The number of hydrogen-bond acceptors (Lipinski definition) is 5. The first-order chi connectivity index (χ1) is 14.8. The summed E-state index contributed by atoms with van der Waals surface area (Å²) in [6, 6.07) is 0. The molecule has 0 rings (SSSR count). The number of esters is 1. The Bertz CT molecular complexity index is 457. The summed E-state index contributed by atoms with van der Waals surface area (Å²) in [6.45, 7) is 23.7. The van der Waals surface area contributed by atoms with Crippen molar-refractivity contribution in [1.29, 1.82) is 0 Å². The van der Waals surface area contributed by atoms with E-state index in [1.54, 1.807) is 0 Å². The van der Waals surface area contributed by atoms with Gasteiger partial charge >= 0.3 is 11.9 Å². The fourth-order valence-electron chi connectivity index (χ4n) is 1.46. The number of aliphatic imine (C=N–C) groups is 1.